The Hall–Kier alpha value is -4.50. The van der Waals surface area contributed by atoms with Crippen LogP contribution in [0.4, 0.5) is 11.4 Å². The highest BCUT2D eigenvalue weighted by Crippen LogP contribution is 2.37. The summed E-state index contributed by atoms with van der Waals surface area (Å²) in [6.45, 7) is 4.25. The van der Waals surface area contributed by atoms with Crippen molar-refractivity contribution in [3.05, 3.63) is 113 Å². The monoisotopic (exact) mass is 527 g/mol. The van der Waals surface area contributed by atoms with Crippen LogP contribution in [0.2, 0.25) is 0 Å². The number of carbonyl (C=O) groups excluding carboxylic acids is 3. The average molecular weight is 528 g/mol. The van der Waals surface area contributed by atoms with E-state index in [2.05, 4.69) is 24.5 Å². The van der Waals surface area contributed by atoms with Crippen molar-refractivity contribution in [2.24, 2.45) is 0 Å². The minimum absolute atomic E-state index is 0.0317. The van der Waals surface area contributed by atoms with Gasteiger partial charge in [0.25, 0.3) is 17.7 Å². The highest BCUT2D eigenvalue weighted by atomic mass is 32.2. The third-order valence-electron chi connectivity index (χ3n) is 5.94. The van der Waals surface area contributed by atoms with Crippen LogP contribution >= 0.6 is 11.8 Å². The molecule has 9 heteroatoms. The molecular weight excluding hydrogens is 502 g/mol. The van der Waals surface area contributed by atoms with E-state index in [1.165, 1.54) is 34.8 Å². The number of nitrogens with one attached hydrogen (secondary N) is 2. The first kappa shape index (κ1) is 25.2. The molecule has 1 aliphatic rings. The van der Waals surface area contributed by atoms with Crippen molar-refractivity contribution < 1.29 is 23.2 Å². The minimum Gasteiger partial charge on any atom is -0.467 e. The first-order chi connectivity index (χ1) is 18.4. The predicted octanol–water partition coefficient (Wildman–Crippen LogP) is 6.23. The summed E-state index contributed by atoms with van der Waals surface area (Å²) in [6.07, 6.45) is 2.94. The minimum atomic E-state index is -0.427. The molecule has 1 aliphatic heterocycles. The van der Waals surface area contributed by atoms with E-state index in [1.807, 2.05) is 24.3 Å². The van der Waals surface area contributed by atoms with Crippen LogP contribution in [-0.4, -0.2) is 22.6 Å². The average Bonchev–Trinajstić information content (AvgIpc) is 3.68. The lowest BCUT2D eigenvalue weighted by Gasteiger charge is -2.14. The summed E-state index contributed by atoms with van der Waals surface area (Å²) in [5.41, 5.74) is 2.66. The Kier molecular flexibility index (Phi) is 7.19. The van der Waals surface area contributed by atoms with Crippen molar-refractivity contribution in [2.75, 3.05) is 10.6 Å². The molecule has 0 fully saturated rings. The van der Waals surface area contributed by atoms with Gasteiger partial charge in [-0.1, -0.05) is 37.7 Å². The van der Waals surface area contributed by atoms with Gasteiger partial charge < -0.3 is 19.5 Å². The van der Waals surface area contributed by atoms with Gasteiger partial charge in [-0.15, -0.1) is 0 Å². The molecule has 8 nitrogen and oxygen atoms in total. The summed E-state index contributed by atoms with van der Waals surface area (Å²) in [7, 11) is 0. The van der Waals surface area contributed by atoms with Crippen molar-refractivity contribution in [1.82, 2.24) is 4.90 Å². The molecule has 3 heterocycles. The fraction of sp³-hybridized carbons (Fsp3) is 0.138. The molecule has 0 aliphatic carbocycles. The number of thioether (sulfide) groups is 1. The van der Waals surface area contributed by atoms with Crippen LogP contribution in [0.15, 0.2) is 110 Å². The number of amides is 3. The van der Waals surface area contributed by atoms with Crippen LogP contribution in [0.25, 0.3) is 0 Å². The molecule has 38 heavy (non-hydrogen) atoms. The number of benzene rings is 2. The number of imide groups is 1. The number of furan rings is 2. The second-order valence-electron chi connectivity index (χ2n) is 8.94. The maximum absolute atomic E-state index is 13.4. The zero-order chi connectivity index (χ0) is 26.6. The fourth-order valence-corrected chi connectivity index (χ4v) is 4.83. The molecule has 0 atom stereocenters. The first-order valence-corrected chi connectivity index (χ1v) is 12.8. The molecule has 0 unspecified atom stereocenters. The van der Waals surface area contributed by atoms with Crippen molar-refractivity contribution in [2.45, 2.75) is 31.2 Å². The van der Waals surface area contributed by atoms with Crippen molar-refractivity contribution >= 4 is 40.9 Å². The van der Waals surface area contributed by atoms with Gasteiger partial charge in [0.15, 0.2) is 5.76 Å². The Labute approximate surface area is 223 Å². The van der Waals surface area contributed by atoms with Crippen molar-refractivity contribution in [3.63, 3.8) is 0 Å². The lowest BCUT2D eigenvalue weighted by molar-refractivity contribution is -0.138. The molecule has 0 radical (unpaired) electrons. The standard InChI is InChI=1S/C29H25N3O5S/c1-18(2)19-7-9-20(10-8-19)30-25-26(29(35)32(28(25)34)17-22-5-3-15-36-22)38-23-13-11-21(12-14-23)31-27(33)24-6-4-16-37-24/h3-16,18,30H,17H2,1-2H3,(H,31,33). The van der Waals surface area contributed by atoms with E-state index in [-0.39, 0.29) is 28.8 Å². The second-order valence-corrected chi connectivity index (χ2v) is 10.0. The lowest BCUT2D eigenvalue weighted by Crippen LogP contribution is -2.31. The summed E-state index contributed by atoms with van der Waals surface area (Å²) in [6, 6.07) is 21.4. The van der Waals surface area contributed by atoms with Crippen LogP contribution in [-0.2, 0) is 16.1 Å². The van der Waals surface area contributed by atoms with Crippen LogP contribution in [0.5, 0.6) is 0 Å². The zero-order valence-corrected chi connectivity index (χ0v) is 21.6. The molecule has 5 rings (SSSR count). The van der Waals surface area contributed by atoms with E-state index in [9.17, 15) is 14.4 Å². The molecule has 2 aromatic heterocycles. The Morgan fingerprint density at radius 1 is 0.868 bits per heavy atom. The summed E-state index contributed by atoms with van der Waals surface area (Å²) in [4.78, 5) is 41.2. The van der Waals surface area contributed by atoms with Crippen LogP contribution < -0.4 is 10.6 Å². The molecule has 2 aromatic carbocycles. The normalized spacial score (nSPS) is 13.5. The van der Waals surface area contributed by atoms with E-state index in [0.717, 1.165) is 4.90 Å². The summed E-state index contributed by atoms with van der Waals surface area (Å²) >= 11 is 1.18. The molecule has 192 valence electrons. The van der Waals surface area contributed by atoms with Gasteiger partial charge in [0.05, 0.1) is 19.1 Å². The van der Waals surface area contributed by atoms with E-state index >= 15 is 0 Å². The van der Waals surface area contributed by atoms with Crippen LogP contribution in [0.3, 0.4) is 0 Å². The maximum Gasteiger partial charge on any atom is 0.291 e. The van der Waals surface area contributed by atoms with E-state index in [4.69, 9.17) is 8.83 Å². The van der Waals surface area contributed by atoms with Gasteiger partial charge in [-0.05, 0) is 72.1 Å². The number of rotatable bonds is 9. The van der Waals surface area contributed by atoms with Crippen molar-refractivity contribution in [1.29, 1.82) is 0 Å². The van der Waals surface area contributed by atoms with Gasteiger partial charge in [0.2, 0.25) is 0 Å². The topological polar surface area (TPSA) is 105 Å². The first-order valence-electron chi connectivity index (χ1n) is 12.0. The molecular formula is C29H25N3O5S. The van der Waals surface area contributed by atoms with Crippen LogP contribution in [0, 0.1) is 0 Å². The quantitative estimate of drug-likeness (QED) is 0.249. The molecule has 0 saturated carbocycles. The van der Waals surface area contributed by atoms with Gasteiger partial charge in [0, 0.05) is 16.3 Å². The number of anilines is 2. The fourth-order valence-electron chi connectivity index (χ4n) is 3.88. The smallest absolute Gasteiger partial charge is 0.291 e. The van der Waals surface area contributed by atoms with Gasteiger partial charge in [-0.25, -0.2) is 0 Å². The Morgan fingerprint density at radius 2 is 1.55 bits per heavy atom. The predicted molar refractivity (Wildman–Crippen MR) is 144 cm³/mol. The second kappa shape index (κ2) is 10.9. The SMILES string of the molecule is CC(C)c1ccc(NC2=C(Sc3ccc(NC(=O)c4ccco4)cc3)C(=O)N(Cc3ccco3)C2=O)cc1. The van der Waals surface area contributed by atoms with E-state index in [1.54, 1.807) is 48.5 Å². The zero-order valence-electron chi connectivity index (χ0n) is 20.8. The molecule has 2 N–H and O–H groups in total. The van der Waals surface area contributed by atoms with Gasteiger partial charge in [-0.3, -0.25) is 19.3 Å². The number of carbonyl (C=O) groups is 3. The maximum atomic E-state index is 13.4. The van der Waals surface area contributed by atoms with Crippen LogP contribution in [0.1, 0.15) is 41.6 Å². The van der Waals surface area contributed by atoms with Gasteiger partial charge in [-0.2, -0.15) is 0 Å². The molecule has 0 spiro atoms. The number of nitrogens with zero attached hydrogens (tertiary/aromatic N) is 1. The summed E-state index contributed by atoms with van der Waals surface area (Å²) in [5, 5.41) is 5.93. The molecule has 4 aromatic rings. The number of hydrogen-bond donors (Lipinski definition) is 2. The Balaban J connectivity index is 1.38. The molecule has 0 saturated heterocycles. The van der Waals surface area contributed by atoms with E-state index in [0.29, 0.717) is 23.1 Å². The highest BCUT2D eigenvalue weighted by Gasteiger charge is 2.39. The third kappa shape index (κ3) is 5.42. The summed E-state index contributed by atoms with van der Waals surface area (Å²) in [5.74, 6) is -0.109. The van der Waals surface area contributed by atoms with Gasteiger partial charge >= 0.3 is 0 Å². The van der Waals surface area contributed by atoms with Crippen molar-refractivity contribution in [3.8, 4) is 0 Å². The highest BCUT2D eigenvalue weighted by molar-refractivity contribution is 8.04. The summed E-state index contributed by atoms with van der Waals surface area (Å²) < 4.78 is 10.5. The largest absolute Gasteiger partial charge is 0.467 e. The Morgan fingerprint density at radius 3 is 2.18 bits per heavy atom. The molecule has 3 amide bonds. The van der Waals surface area contributed by atoms with E-state index < -0.39 is 11.8 Å². The third-order valence-corrected chi connectivity index (χ3v) is 7.03. The Bertz CT molecular complexity index is 1470. The van der Waals surface area contributed by atoms with Gasteiger partial charge in [0.1, 0.15) is 16.4 Å². The molecule has 0 bridgehead atoms. The number of hydrogen-bond acceptors (Lipinski definition) is 7. The lowest BCUT2D eigenvalue weighted by atomic mass is 10.0.